The number of carboxylic acid groups (broad SMARTS) is 2. The van der Waals surface area contributed by atoms with E-state index in [9.17, 15) is 14.4 Å². The van der Waals surface area contributed by atoms with E-state index in [0.717, 1.165) is 0 Å². The van der Waals surface area contributed by atoms with Gasteiger partial charge in [-0.1, -0.05) is 11.6 Å². The van der Waals surface area contributed by atoms with Crippen molar-refractivity contribution in [3.05, 3.63) is 33.6 Å². The molecule has 88 valence electrons. The molecule has 0 saturated carbocycles. The molecule has 0 spiro atoms. The van der Waals surface area contributed by atoms with Gasteiger partial charge in [0.25, 0.3) is 5.56 Å². The lowest BCUT2D eigenvalue weighted by Crippen LogP contribution is -2.31. The molecule has 0 unspecified atom stereocenters. The van der Waals surface area contributed by atoms with E-state index in [1.54, 1.807) is 0 Å². The summed E-state index contributed by atoms with van der Waals surface area (Å²) in [7, 11) is 0. The molecule has 1 aromatic heterocycles. The van der Waals surface area contributed by atoms with Gasteiger partial charge in [-0.3, -0.25) is 4.79 Å². The number of hydrogen-bond acceptors (Lipinski definition) is 3. The van der Waals surface area contributed by atoms with Crippen LogP contribution in [0.25, 0.3) is 10.9 Å². The van der Waals surface area contributed by atoms with E-state index < -0.39 is 17.7 Å². The van der Waals surface area contributed by atoms with Gasteiger partial charge in [0.05, 0.1) is 10.9 Å². The number of rotatable bonds is 0. The van der Waals surface area contributed by atoms with E-state index in [0.29, 0.717) is 4.68 Å². The Morgan fingerprint density at radius 1 is 1.12 bits per heavy atom. The summed E-state index contributed by atoms with van der Waals surface area (Å²) >= 11 is 5.67. The highest BCUT2D eigenvalue weighted by Crippen LogP contribution is 2.17. The maximum atomic E-state index is 11.7. The zero-order chi connectivity index (χ0) is 12.7. The smallest absolute Gasteiger partial charge is 0.434 e. The molecule has 1 heterocycles. The van der Waals surface area contributed by atoms with Crippen molar-refractivity contribution in [2.24, 2.45) is 0 Å². The molecule has 2 aromatic rings. The Balaban J connectivity index is 3.04. The number of halogens is 1. The lowest BCUT2D eigenvalue weighted by molar-refractivity contribution is 0.172. The van der Waals surface area contributed by atoms with Crippen LogP contribution in [0.5, 0.6) is 0 Å². The first kappa shape index (κ1) is 11.2. The fraction of sp³-hybridized carbons (Fsp3) is 0. The number of nitrogens with zero attached hydrogens (tertiary/aromatic N) is 2. The standard InChI is InChI=1S/C9H5ClN2O5/c10-4-1-2-5-6(3-4)11(8(14)15)12(7(5)13)9(16)17/h1-3H,(H,14,15)(H,16,17). The molecule has 2 N–H and O–H groups in total. The Bertz CT molecular complexity index is 699. The van der Waals surface area contributed by atoms with Gasteiger partial charge in [-0.2, -0.15) is 4.68 Å². The minimum absolute atomic E-state index is 0.0285. The first-order valence-electron chi connectivity index (χ1n) is 4.33. The molecule has 0 fully saturated rings. The Hall–Kier alpha value is -2.28. The van der Waals surface area contributed by atoms with Gasteiger partial charge in [-0.25, -0.2) is 9.59 Å². The second kappa shape index (κ2) is 3.63. The third-order valence-corrected chi connectivity index (χ3v) is 2.41. The van der Waals surface area contributed by atoms with E-state index in [2.05, 4.69) is 0 Å². The molecule has 0 aliphatic rings. The van der Waals surface area contributed by atoms with E-state index in [1.165, 1.54) is 18.2 Å². The van der Waals surface area contributed by atoms with Crippen LogP contribution >= 0.6 is 11.6 Å². The molecule has 1 aromatic carbocycles. The molecule has 17 heavy (non-hydrogen) atoms. The van der Waals surface area contributed by atoms with Crippen LogP contribution in [-0.2, 0) is 0 Å². The Labute approximate surface area is 98.0 Å². The maximum Gasteiger partial charge on any atom is 0.434 e. The molecule has 2 rings (SSSR count). The summed E-state index contributed by atoms with van der Waals surface area (Å²) in [6.45, 7) is 0. The summed E-state index contributed by atoms with van der Waals surface area (Å²) in [6, 6.07) is 3.87. The zero-order valence-corrected chi connectivity index (χ0v) is 8.88. The quantitative estimate of drug-likeness (QED) is 0.744. The summed E-state index contributed by atoms with van der Waals surface area (Å²) in [6.07, 6.45) is -3.26. The van der Waals surface area contributed by atoms with Crippen molar-refractivity contribution in [3.63, 3.8) is 0 Å². The minimum Gasteiger partial charge on any atom is -0.463 e. The van der Waals surface area contributed by atoms with Crippen LogP contribution in [0.2, 0.25) is 5.02 Å². The lowest BCUT2D eigenvalue weighted by atomic mass is 10.2. The molecule has 0 aliphatic carbocycles. The minimum atomic E-state index is -1.68. The molecule has 0 amide bonds. The van der Waals surface area contributed by atoms with Crippen LogP contribution in [-0.4, -0.2) is 31.8 Å². The topological polar surface area (TPSA) is 102 Å². The largest absolute Gasteiger partial charge is 0.463 e. The van der Waals surface area contributed by atoms with Crippen LogP contribution in [0.3, 0.4) is 0 Å². The fourth-order valence-electron chi connectivity index (χ4n) is 1.53. The van der Waals surface area contributed by atoms with Gasteiger partial charge in [-0.15, -0.1) is 4.68 Å². The van der Waals surface area contributed by atoms with Crippen molar-refractivity contribution in [1.29, 1.82) is 0 Å². The predicted octanol–water partition coefficient (Wildman–Crippen LogP) is 1.51. The third kappa shape index (κ3) is 1.56. The van der Waals surface area contributed by atoms with Crippen LogP contribution < -0.4 is 5.56 Å². The zero-order valence-electron chi connectivity index (χ0n) is 8.12. The number of hydrogen-bond donors (Lipinski definition) is 2. The summed E-state index contributed by atoms with van der Waals surface area (Å²) in [5, 5.41) is 17.9. The lowest BCUT2D eigenvalue weighted by Gasteiger charge is -2.01. The van der Waals surface area contributed by atoms with Gasteiger partial charge in [0.2, 0.25) is 0 Å². The second-order valence-corrected chi connectivity index (χ2v) is 3.59. The SMILES string of the molecule is O=C(O)n1c(=O)c2ccc(Cl)cc2n1C(=O)O. The van der Waals surface area contributed by atoms with Crippen LogP contribution in [0.4, 0.5) is 9.59 Å². The third-order valence-electron chi connectivity index (χ3n) is 2.17. The first-order valence-corrected chi connectivity index (χ1v) is 4.71. The fourth-order valence-corrected chi connectivity index (χ4v) is 1.70. The Morgan fingerprint density at radius 3 is 2.24 bits per heavy atom. The van der Waals surface area contributed by atoms with E-state index in [-0.39, 0.29) is 20.6 Å². The molecule has 0 radical (unpaired) electrons. The average molecular weight is 257 g/mol. The van der Waals surface area contributed by atoms with Gasteiger partial charge in [0.15, 0.2) is 0 Å². The molecule has 0 aliphatic heterocycles. The van der Waals surface area contributed by atoms with Crippen molar-refractivity contribution in [2.75, 3.05) is 0 Å². The maximum absolute atomic E-state index is 11.7. The van der Waals surface area contributed by atoms with Gasteiger partial charge < -0.3 is 10.2 Å². The van der Waals surface area contributed by atoms with Crippen LogP contribution in [0.1, 0.15) is 0 Å². The van der Waals surface area contributed by atoms with Crippen molar-refractivity contribution >= 4 is 34.7 Å². The molecular weight excluding hydrogens is 252 g/mol. The van der Waals surface area contributed by atoms with Gasteiger partial charge >= 0.3 is 12.2 Å². The average Bonchev–Trinajstić information content (AvgIpc) is 2.51. The second-order valence-electron chi connectivity index (χ2n) is 3.16. The summed E-state index contributed by atoms with van der Waals surface area (Å²) in [4.78, 5) is 33.5. The Morgan fingerprint density at radius 2 is 1.71 bits per heavy atom. The van der Waals surface area contributed by atoms with Gasteiger partial charge in [0, 0.05) is 5.02 Å². The highest BCUT2D eigenvalue weighted by Gasteiger charge is 2.21. The normalized spacial score (nSPS) is 10.6. The Kier molecular flexibility index (Phi) is 2.40. The summed E-state index contributed by atoms with van der Waals surface area (Å²) in [5.74, 6) is 0. The number of benzene rings is 1. The number of aromatic nitrogens is 2. The molecule has 0 atom stereocenters. The molecule has 0 saturated heterocycles. The van der Waals surface area contributed by atoms with Gasteiger partial charge in [-0.05, 0) is 18.2 Å². The van der Waals surface area contributed by atoms with E-state index in [4.69, 9.17) is 21.8 Å². The van der Waals surface area contributed by atoms with E-state index >= 15 is 0 Å². The first-order chi connectivity index (χ1) is 7.93. The van der Waals surface area contributed by atoms with Gasteiger partial charge in [0.1, 0.15) is 0 Å². The molecular formula is C9H5ClN2O5. The summed E-state index contributed by atoms with van der Waals surface area (Å²) < 4.78 is 0.454. The van der Waals surface area contributed by atoms with Crippen molar-refractivity contribution in [3.8, 4) is 0 Å². The predicted molar refractivity (Wildman–Crippen MR) is 58.1 cm³/mol. The van der Waals surface area contributed by atoms with Crippen molar-refractivity contribution < 1.29 is 19.8 Å². The molecule has 8 heteroatoms. The number of carbonyl (C=O) groups is 2. The van der Waals surface area contributed by atoms with Crippen LogP contribution in [0, 0.1) is 0 Å². The monoisotopic (exact) mass is 256 g/mol. The van der Waals surface area contributed by atoms with Crippen molar-refractivity contribution in [1.82, 2.24) is 9.36 Å². The highest BCUT2D eigenvalue weighted by atomic mass is 35.5. The van der Waals surface area contributed by atoms with E-state index in [1.807, 2.05) is 0 Å². The number of fused-ring (bicyclic) bond motifs is 1. The summed E-state index contributed by atoms with van der Waals surface area (Å²) in [5.41, 5.74) is -0.996. The highest BCUT2D eigenvalue weighted by molar-refractivity contribution is 6.31. The van der Waals surface area contributed by atoms with Crippen LogP contribution in [0.15, 0.2) is 23.0 Å². The van der Waals surface area contributed by atoms with Crippen molar-refractivity contribution in [2.45, 2.75) is 0 Å². The molecule has 0 bridgehead atoms. The molecule has 7 nitrogen and oxygen atoms in total.